The molecular weight excluding hydrogens is 307 g/mol. The van der Waals surface area contributed by atoms with Crippen molar-refractivity contribution in [3.63, 3.8) is 0 Å². The van der Waals surface area contributed by atoms with E-state index >= 15 is 0 Å². The fourth-order valence-electron chi connectivity index (χ4n) is 2.71. The molecule has 122 valence electrons. The molecule has 1 saturated heterocycles. The lowest BCUT2D eigenvalue weighted by atomic mass is 9.98. The van der Waals surface area contributed by atoms with Gasteiger partial charge in [-0.1, -0.05) is 0 Å². The number of halogens is 3. The summed E-state index contributed by atoms with van der Waals surface area (Å²) in [7, 11) is 0. The maximum absolute atomic E-state index is 12.5. The molecule has 0 N–H and O–H groups in total. The lowest BCUT2D eigenvalue weighted by molar-refractivity contribution is -0.137. The van der Waals surface area contributed by atoms with Crippen molar-refractivity contribution in [2.75, 3.05) is 13.1 Å². The maximum atomic E-state index is 12.5. The number of aromatic nitrogens is 2. The monoisotopic (exact) mass is 323 g/mol. The molecule has 2 heterocycles. The van der Waals surface area contributed by atoms with Crippen molar-refractivity contribution >= 4 is 5.91 Å². The van der Waals surface area contributed by atoms with Crippen LogP contribution in [0.25, 0.3) is 0 Å². The van der Waals surface area contributed by atoms with Crippen molar-refractivity contribution in [1.82, 2.24) is 14.5 Å². The summed E-state index contributed by atoms with van der Waals surface area (Å²) >= 11 is 0. The van der Waals surface area contributed by atoms with Crippen LogP contribution >= 0.6 is 0 Å². The highest BCUT2D eigenvalue weighted by Gasteiger charge is 2.33. The molecule has 4 nitrogen and oxygen atoms in total. The molecule has 7 heteroatoms. The van der Waals surface area contributed by atoms with E-state index in [1.54, 1.807) is 11.1 Å². The van der Waals surface area contributed by atoms with Crippen LogP contribution in [0.3, 0.4) is 0 Å². The smallest absolute Gasteiger partial charge is 0.338 e. The number of rotatable bonds is 3. The van der Waals surface area contributed by atoms with E-state index in [2.05, 4.69) is 4.98 Å². The Morgan fingerprint density at radius 2 is 1.91 bits per heavy atom. The first-order valence-corrected chi connectivity index (χ1v) is 7.29. The second-order valence-electron chi connectivity index (χ2n) is 5.78. The number of alkyl halides is 3. The van der Waals surface area contributed by atoms with E-state index in [-0.39, 0.29) is 11.5 Å². The molecule has 0 unspecified atom stereocenters. The lowest BCUT2D eigenvalue weighted by Gasteiger charge is -2.39. The topological polar surface area (TPSA) is 38.1 Å². The van der Waals surface area contributed by atoms with Gasteiger partial charge >= 0.3 is 6.18 Å². The van der Waals surface area contributed by atoms with Gasteiger partial charge < -0.3 is 9.47 Å². The minimum Gasteiger partial charge on any atom is -0.338 e. The Kier molecular flexibility index (Phi) is 3.87. The number of likely N-dealkylation sites (tertiary alicyclic amines) is 1. The number of carbonyl (C=O) groups is 1. The second-order valence-corrected chi connectivity index (χ2v) is 5.78. The van der Waals surface area contributed by atoms with Crippen LogP contribution in [0.15, 0.2) is 36.7 Å². The molecule has 0 saturated carbocycles. The third-order valence-electron chi connectivity index (χ3n) is 4.08. The van der Waals surface area contributed by atoms with Gasteiger partial charge in [0.15, 0.2) is 0 Å². The summed E-state index contributed by atoms with van der Waals surface area (Å²) in [5.41, 5.74) is -0.457. The molecule has 1 aliphatic heterocycles. The molecule has 1 aliphatic rings. The van der Waals surface area contributed by atoms with Crippen molar-refractivity contribution in [1.29, 1.82) is 0 Å². The van der Waals surface area contributed by atoms with E-state index in [1.165, 1.54) is 12.1 Å². The highest BCUT2D eigenvalue weighted by atomic mass is 19.4. The Labute approximate surface area is 131 Å². The number of nitrogens with zero attached hydrogens (tertiary/aromatic N) is 3. The highest BCUT2D eigenvalue weighted by Crippen LogP contribution is 2.29. The predicted octanol–water partition coefficient (Wildman–Crippen LogP) is 2.98. The van der Waals surface area contributed by atoms with Crippen molar-refractivity contribution < 1.29 is 18.0 Å². The molecule has 2 aromatic rings. The van der Waals surface area contributed by atoms with Crippen molar-refractivity contribution in [2.24, 2.45) is 5.92 Å². The molecule has 0 atom stereocenters. The molecular formula is C16H16F3N3O. The molecule has 23 heavy (non-hydrogen) atoms. The number of imidazole rings is 1. The summed E-state index contributed by atoms with van der Waals surface area (Å²) in [5.74, 6) is 1.05. The van der Waals surface area contributed by atoms with Gasteiger partial charge in [-0.05, 0) is 31.2 Å². The Morgan fingerprint density at radius 1 is 1.26 bits per heavy atom. The SMILES string of the molecule is Cc1nccn1CC1CN(C(=O)c2ccc(C(F)(F)F)cc2)C1. The van der Waals surface area contributed by atoms with E-state index in [0.29, 0.717) is 19.0 Å². The third-order valence-corrected chi connectivity index (χ3v) is 4.08. The fraction of sp³-hybridized carbons (Fsp3) is 0.375. The molecule has 0 radical (unpaired) electrons. The standard InChI is InChI=1S/C16H16F3N3O/c1-11-20-6-7-21(11)8-12-9-22(10-12)15(23)13-2-4-14(5-3-13)16(17,18)19/h2-7,12H,8-10H2,1H3. The van der Waals surface area contributed by atoms with Crippen LogP contribution < -0.4 is 0 Å². The minimum atomic E-state index is -4.38. The van der Waals surface area contributed by atoms with Crippen LogP contribution in [0.4, 0.5) is 13.2 Å². The number of carbonyl (C=O) groups excluding carboxylic acids is 1. The van der Waals surface area contributed by atoms with Gasteiger partial charge in [-0.3, -0.25) is 4.79 Å². The quantitative estimate of drug-likeness (QED) is 0.871. The third kappa shape index (κ3) is 3.23. The van der Waals surface area contributed by atoms with E-state index in [1.807, 2.05) is 17.7 Å². The Hall–Kier alpha value is -2.31. The molecule has 1 fully saturated rings. The Balaban J connectivity index is 1.57. The Morgan fingerprint density at radius 3 is 2.43 bits per heavy atom. The van der Waals surface area contributed by atoms with E-state index < -0.39 is 11.7 Å². The average Bonchev–Trinajstić information content (AvgIpc) is 2.86. The zero-order valence-electron chi connectivity index (χ0n) is 12.5. The summed E-state index contributed by atoms with van der Waals surface area (Å²) < 4.78 is 39.6. The molecule has 0 spiro atoms. The van der Waals surface area contributed by atoms with Gasteiger partial charge in [0, 0.05) is 43.5 Å². The zero-order chi connectivity index (χ0) is 16.6. The normalized spacial score (nSPS) is 15.6. The number of aryl methyl sites for hydroxylation is 1. The molecule has 1 amide bonds. The first-order valence-electron chi connectivity index (χ1n) is 7.29. The van der Waals surface area contributed by atoms with Gasteiger partial charge in [0.05, 0.1) is 5.56 Å². The summed E-state index contributed by atoms with van der Waals surface area (Å²) in [5, 5.41) is 0. The van der Waals surface area contributed by atoms with Crippen LogP contribution in [-0.4, -0.2) is 33.4 Å². The highest BCUT2D eigenvalue weighted by molar-refractivity contribution is 5.94. The van der Waals surface area contributed by atoms with E-state index in [0.717, 1.165) is 24.5 Å². The molecule has 0 aliphatic carbocycles. The van der Waals surface area contributed by atoms with Gasteiger partial charge in [-0.15, -0.1) is 0 Å². The van der Waals surface area contributed by atoms with Crippen LogP contribution in [0.5, 0.6) is 0 Å². The van der Waals surface area contributed by atoms with Crippen LogP contribution in [-0.2, 0) is 12.7 Å². The Bertz CT molecular complexity index is 700. The van der Waals surface area contributed by atoms with Crippen molar-refractivity contribution in [3.8, 4) is 0 Å². The van der Waals surface area contributed by atoms with Crippen molar-refractivity contribution in [2.45, 2.75) is 19.6 Å². The first-order chi connectivity index (χ1) is 10.8. The average molecular weight is 323 g/mol. The molecule has 3 rings (SSSR count). The summed E-state index contributed by atoms with van der Waals surface area (Å²) in [4.78, 5) is 18.0. The van der Waals surface area contributed by atoms with E-state index in [4.69, 9.17) is 0 Å². The summed E-state index contributed by atoms with van der Waals surface area (Å²) in [6.07, 6.45) is -0.749. The number of amides is 1. The maximum Gasteiger partial charge on any atom is 0.416 e. The fourth-order valence-corrected chi connectivity index (χ4v) is 2.71. The molecule has 1 aromatic carbocycles. The van der Waals surface area contributed by atoms with Gasteiger partial charge in [0.25, 0.3) is 5.91 Å². The summed E-state index contributed by atoms with van der Waals surface area (Å²) in [6.45, 7) is 3.93. The molecule has 1 aromatic heterocycles. The predicted molar refractivity (Wildman–Crippen MR) is 77.8 cm³/mol. The first kappa shape index (κ1) is 15.6. The molecule has 0 bridgehead atoms. The largest absolute Gasteiger partial charge is 0.416 e. The van der Waals surface area contributed by atoms with Gasteiger partial charge in [0.1, 0.15) is 5.82 Å². The van der Waals surface area contributed by atoms with Gasteiger partial charge in [-0.25, -0.2) is 4.98 Å². The van der Waals surface area contributed by atoms with Crippen LogP contribution in [0.1, 0.15) is 21.7 Å². The number of hydrogen-bond donors (Lipinski definition) is 0. The van der Waals surface area contributed by atoms with Crippen molar-refractivity contribution in [3.05, 3.63) is 53.6 Å². The zero-order valence-corrected chi connectivity index (χ0v) is 12.5. The minimum absolute atomic E-state index is 0.225. The second kappa shape index (κ2) is 5.72. The van der Waals surface area contributed by atoms with Gasteiger partial charge in [0.2, 0.25) is 0 Å². The number of benzene rings is 1. The lowest BCUT2D eigenvalue weighted by Crippen LogP contribution is -2.51. The van der Waals surface area contributed by atoms with Gasteiger partial charge in [-0.2, -0.15) is 13.2 Å². The number of hydrogen-bond acceptors (Lipinski definition) is 2. The van der Waals surface area contributed by atoms with E-state index in [9.17, 15) is 18.0 Å². The summed E-state index contributed by atoms with van der Waals surface area (Å²) in [6, 6.07) is 4.36. The van der Waals surface area contributed by atoms with Crippen LogP contribution in [0, 0.1) is 12.8 Å². The van der Waals surface area contributed by atoms with Crippen LogP contribution in [0.2, 0.25) is 0 Å².